The minimum absolute atomic E-state index is 0. The van der Waals surface area contributed by atoms with E-state index in [1.807, 2.05) is 32.3 Å². The first-order valence-corrected chi connectivity index (χ1v) is 10.2. The van der Waals surface area contributed by atoms with Crippen LogP contribution in [0, 0.1) is 0 Å². The molecule has 1 aliphatic rings. The number of nitrogens with zero attached hydrogens (tertiary/aromatic N) is 5. The molecule has 8 heteroatoms. The van der Waals surface area contributed by atoms with E-state index in [1.54, 1.807) is 7.11 Å². The standard InChI is InChI=1S/C21H32N6O.HI/c1-22-21(26(2)16-17-10-6-7-11-18(17)28-3)23-14-9-13-20-25-24-19-12-5-4-8-15-27(19)20;/h6-7,10-11H,4-5,8-9,12-16H2,1-3H3,(H,22,23);1H. The maximum Gasteiger partial charge on any atom is 0.193 e. The second-order valence-electron chi connectivity index (χ2n) is 7.24. The van der Waals surface area contributed by atoms with Gasteiger partial charge in [0, 0.05) is 52.1 Å². The van der Waals surface area contributed by atoms with Gasteiger partial charge in [-0.1, -0.05) is 24.6 Å². The first-order chi connectivity index (χ1) is 13.7. The summed E-state index contributed by atoms with van der Waals surface area (Å²) in [5, 5.41) is 12.3. The zero-order valence-corrected chi connectivity index (χ0v) is 20.1. The molecular weight excluding hydrogens is 479 g/mol. The van der Waals surface area contributed by atoms with Crippen LogP contribution in [0.2, 0.25) is 0 Å². The molecule has 29 heavy (non-hydrogen) atoms. The van der Waals surface area contributed by atoms with Gasteiger partial charge in [0.05, 0.1) is 7.11 Å². The number of nitrogens with one attached hydrogen (secondary N) is 1. The van der Waals surface area contributed by atoms with Gasteiger partial charge in [0.15, 0.2) is 5.96 Å². The number of rotatable bonds is 7. The number of ether oxygens (including phenoxy) is 1. The van der Waals surface area contributed by atoms with Crippen molar-refractivity contribution in [3.05, 3.63) is 41.5 Å². The lowest BCUT2D eigenvalue weighted by Crippen LogP contribution is -2.39. The smallest absolute Gasteiger partial charge is 0.193 e. The van der Waals surface area contributed by atoms with Gasteiger partial charge in [-0.15, -0.1) is 34.2 Å². The van der Waals surface area contributed by atoms with Crippen LogP contribution in [0.4, 0.5) is 0 Å². The maximum absolute atomic E-state index is 5.45. The van der Waals surface area contributed by atoms with E-state index in [0.29, 0.717) is 0 Å². The minimum atomic E-state index is 0. The molecule has 1 aliphatic heterocycles. The highest BCUT2D eigenvalue weighted by atomic mass is 127. The van der Waals surface area contributed by atoms with Gasteiger partial charge in [-0.3, -0.25) is 4.99 Å². The summed E-state index contributed by atoms with van der Waals surface area (Å²) in [6, 6.07) is 8.09. The molecule has 0 atom stereocenters. The van der Waals surface area contributed by atoms with Crippen LogP contribution in [0.3, 0.4) is 0 Å². The normalized spacial score (nSPS) is 13.8. The third kappa shape index (κ3) is 6.32. The Morgan fingerprint density at radius 2 is 2.07 bits per heavy atom. The Bertz CT molecular complexity index is 791. The van der Waals surface area contributed by atoms with Crippen molar-refractivity contribution in [1.82, 2.24) is 25.0 Å². The molecule has 1 N–H and O–H groups in total. The summed E-state index contributed by atoms with van der Waals surface area (Å²) < 4.78 is 7.78. The highest BCUT2D eigenvalue weighted by Crippen LogP contribution is 2.19. The summed E-state index contributed by atoms with van der Waals surface area (Å²) in [6.07, 6.45) is 6.75. The predicted octanol–water partition coefficient (Wildman–Crippen LogP) is 3.27. The monoisotopic (exact) mass is 512 g/mol. The topological polar surface area (TPSA) is 67.6 Å². The van der Waals surface area contributed by atoms with E-state index in [1.165, 1.54) is 19.3 Å². The fourth-order valence-electron chi connectivity index (χ4n) is 3.73. The van der Waals surface area contributed by atoms with Crippen molar-refractivity contribution in [2.24, 2.45) is 4.99 Å². The Balaban J connectivity index is 0.00000300. The molecule has 0 fully saturated rings. The highest BCUT2D eigenvalue weighted by molar-refractivity contribution is 14.0. The van der Waals surface area contributed by atoms with Crippen molar-refractivity contribution in [2.45, 2.75) is 51.6 Å². The van der Waals surface area contributed by atoms with Crippen molar-refractivity contribution < 1.29 is 4.74 Å². The Morgan fingerprint density at radius 3 is 2.86 bits per heavy atom. The van der Waals surface area contributed by atoms with Crippen LogP contribution in [-0.2, 0) is 25.9 Å². The highest BCUT2D eigenvalue weighted by Gasteiger charge is 2.14. The molecular formula is C21H33IN6O. The molecule has 160 valence electrons. The Labute approximate surface area is 191 Å². The van der Waals surface area contributed by atoms with Crippen LogP contribution in [0.5, 0.6) is 5.75 Å². The average molecular weight is 512 g/mol. The summed E-state index contributed by atoms with van der Waals surface area (Å²) in [7, 11) is 5.57. The summed E-state index contributed by atoms with van der Waals surface area (Å²) in [4.78, 5) is 6.53. The summed E-state index contributed by atoms with van der Waals surface area (Å²) in [5.74, 6) is 4.06. The Hall–Kier alpha value is -1.84. The molecule has 2 aromatic rings. The number of para-hydroxylation sites is 1. The van der Waals surface area contributed by atoms with Gasteiger partial charge in [0.25, 0.3) is 0 Å². The molecule has 0 bridgehead atoms. The summed E-state index contributed by atoms with van der Waals surface area (Å²) >= 11 is 0. The van der Waals surface area contributed by atoms with Crippen LogP contribution >= 0.6 is 24.0 Å². The minimum Gasteiger partial charge on any atom is -0.496 e. The number of methoxy groups -OCH3 is 1. The van der Waals surface area contributed by atoms with Gasteiger partial charge in [0.2, 0.25) is 0 Å². The second-order valence-corrected chi connectivity index (χ2v) is 7.24. The molecule has 2 heterocycles. The van der Waals surface area contributed by atoms with E-state index < -0.39 is 0 Å². The van der Waals surface area contributed by atoms with Gasteiger partial charge in [0.1, 0.15) is 17.4 Å². The molecule has 0 saturated heterocycles. The largest absolute Gasteiger partial charge is 0.496 e. The number of hydrogen-bond donors (Lipinski definition) is 1. The van der Waals surface area contributed by atoms with E-state index in [-0.39, 0.29) is 24.0 Å². The Kier molecular flexibility index (Phi) is 9.69. The number of hydrogen-bond acceptors (Lipinski definition) is 4. The van der Waals surface area contributed by atoms with Gasteiger partial charge < -0.3 is 19.5 Å². The first kappa shape index (κ1) is 23.4. The zero-order chi connectivity index (χ0) is 19.8. The molecule has 0 spiro atoms. The number of guanidine groups is 1. The molecule has 3 rings (SSSR count). The van der Waals surface area contributed by atoms with Crippen molar-refractivity contribution >= 4 is 29.9 Å². The molecule has 0 amide bonds. The number of benzene rings is 1. The van der Waals surface area contributed by atoms with Crippen molar-refractivity contribution in [2.75, 3.05) is 27.7 Å². The lowest BCUT2D eigenvalue weighted by molar-refractivity contribution is 0.396. The molecule has 0 unspecified atom stereocenters. The van der Waals surface area contributed by atoms with E-state index in [9.17, 15) is 0 Å². The SMILES string of the molecule is CN=C(NCCCc1nnc2n1CCCCC2)N(C)Cc1ccccc1OC.I. The maximum atomic E-state index is 5.45. The fourth-order valence-corrected chi connectivity index (χ4v) is 3.73. The van der Waals surface area contributed by atoms with E-state index >= 15 is 0 Å². The van der Waals surface area contributed by atoms with E-state index in [0.717, 1.165) is 67.8 Å². The number of halogens is 1. The molecule has 1 aromatic carbocycles. The van der Waals surface area contributed by atoms with Crippen LogP contribution in [0.15, 0.2) is 29.3 Å². The number of fused-ring (bicyclic) bond motifs is 1. The molecule has 1 aromatic heterocycles. The number of aliphatic imine (C=N–C) groups is 1. The molecule has 0 radical (unpaired) electrons. The van der Waals surface area contributed by atoms with Gasteiger partial charge in [-0.25, -0.2) is 0 Å². The molecule has 7 nitrogen and oxygen atoms in total. The average Bonchev–Trinajstić information content (AvgIpc) is 2.94. The zero-order valence-electron chi connectivity index (χ0n) is 17.7. The van der Waals surface area contributed by atoms with E-state index in [2.05, 4.69) is 36.0 Å². The lowest BCUT2D eigenvalue weighted by Gasteiger charge is -2.23. The summed E-state index contributed by atoms with van der Waals surface area (Å²) in [5.41, 5.74) is 1.14. The second kappa shape index (κ2) is 12.0. The fraction of sp³-hybridized carbons (Fsp3) is 0.571. The lowest BCUT2D eigenvalue weighted by atomic mass is 10.2. The van der Waals surface area contributed by atoms with Crippen LogP contribution in [0.1, 0.15) is 42.9 Å². The van der Waals surface area contributed by atoms with Gasteiger partial charge in [-0.05, 0) is 25.3 Å². The van der Waals surface area contributed by atoms with Gasteiger partial charge in [-0.2, -0.15) is 0 Å². The van der Waals surface area contributed by atoms with Crippen molar-refractivity contribution in [3.8, 4) is 5.75 Å². The van der Waals surface area contributed by atoms with E-state index in [4.69, 9.17) is 4.74 Å². The third-order valence-corrected chi connectivity index (χ3v) is 5.22. The van der Waals surface area contributed by atoms with Gasteiger partial charge >= 0.3 is 0 Å². The quantitative estimate of drug-likeness (QED) is 0.267. The first-order valence-electron chi connectivity index (χ1n) is 10.2. The van der Waals surface area contributed by atoms with Crippen molar-refractivity contribution in [3.63, 3.8) is 0 Å². The molecule has 0 aliphatic carbocycles. The predicted molar refractivity (Wildman–Crippen MR) is 127 cm³/mol. The van der Waals surface area contributed by atoms with Crippen molar-refractivity contribution in [1.29, 1.82) is 0 Å². The Morgan fingerprint density at radius 1 is 1.24 bits per heavy atom. The van der Waals surface area contributed by atoms with Crippen LogP contribution in [-0.4, -0.2) is 53.4 Å². The molecule has 0 saturated carbocycles. The van der Waals surface area contributed by atoms with Crippen LogP contribution < -0.4 is 10.1 Å². The number of aryl methyl sites for hydroxylation is 2. The summed E-state index contributed by atoms with van der Waals surface area (Å²) in [6.45, 7) is 2.65. The van der Waals surface area contributed by atoms with Crippen LogP contribution in [0.25, 0.3) is 0 Å². The third-order valence-electron chi connectivity index (χ3n) is 5.22. The number of aromatic nitrogens is 3.